The molecule has 2 aromatic heterocycles. The highest BCUT2D eigenvalue weighted by atomic mass is 16.5. The molecule has 3 aromatic rings. The van der Waals surface area contributed by atoms with Crippen molar-refractivity contribution in [1.82, 2.24) is 30.1 Å². The molecule has 4 rings (SSSR count). The fourth-order valence-electron chi connectivity index (χ4n) is 3.47. The Kier molecular flexibility index (Phi) is 5.90. The SMILES string of the molecule is Cc1cc(CN2CCN(C(=O)NCc3cnn(Cc4ccccc4)c3)CC2)no1. The van der Waals surface area contributed by atoms with E-state index in [1.807, 2.05) is 47.0 Å². The van der Waals surface area contributed by atoms with Crippen molar-refractivity contribution in [2.75, 3.05) is 26.2 Å². The molecule has 29 heavy (non-hydrogen) atoms. The summed E-state index contributed by atoms with van der Waals surface area (Å²) in [6.45, 7) is 6.92. The third-order valence-corrected chi connectivity index (χ3v) is 5.04. The molecule has 8 heteroatoms. The molecule has 1 aliphatic rings. The van der Waals surface area contributed by atoms with Crippen LogP contribution in [0.3, 0.4) is 0 Å². The number of piperazine rings is 1. The summed E-state index contributed by atoms with van der Waals surface area (Å²) in [7, 11) is 0. The average Bonchev–Trinajstić information content (AvgIpc) is 3.36. The number of carbonyl (C=O) groups excluding carboxylic acids is 1. The molecule has 0 saturated carbocycles. The molecular formula is C21H26N6O2. The number of nitrogens with zero attached hydrogens (tertiary/aromatic N) is 5. The van der Waals surface area contributed by atoms with Gasteiger partial charge in [-0.15, -0.1) is 0 Å². The summed E-state index contributed by atoms with van der Waals surface area (Å²) < 4.78 is 7.01. The second-order valence-corrected chi connectivity index (χ2v) is 7.38. The molecule has 1 saturated heterocycles. The largest absolute Gasteiger partial charge is 0.361 e. The number of benzene rings is 1. The number of amides is 2. The molecule has 0 aliphatic carbocycles. The first-order valence-electron chi connectivity index (χ1n) is 9.88. The number of nitrogens with one attached hydrogen (secondary N) is 1. The number of rotatable bonds is 6. The molecule has 152 valence electrons. The van der Waals surface area contributed by atoms with Crippen LogP contribution in [0.1, 0.15) is 22.6 Å². The zero-order valence-corrected chi connectivity index (χ0v) is 16.6. The van der Waals surface area contributed by atoms with Crippen LogP contribution < -0.4 is 5.32 Å². The van der Waals surface area contributed by atoms with Crippen molar-refractivity contribution >= 4 is 6.03 Å². The standard InChI is InChI=1S/C21H26N6O2/c1-17-11-20(24-29-17)16-25-7-9-26(10-8-25)21(28)22-12-19-13-23-27(15-19)14-18-5-3-2-4-6-18/h2-6,11,13,15H,7-10,12,14,16H2,1H3,(H,22,28). The summed E-state index contributed by atoms with van der Waals surface area (Å²) >= 11 is 0. The van der Waals surface area contributed by atoms with Crippen LogP contribution in [-0.4, -0.2) is 56.9 Å². The number of hydrogen-bond donors (Lipinski definition) is 1. The summed E-state index contributed by atoms with van der Waals surface area (Å²) in [5.74, 6) is 0.824. The molecule has 1 aliphatic heterocycles. The van der Waals surface area contributed by atoms with Gasteiger partial charge in [-0.1, -0.05) is 35.5 Å². The minimum Gasteiger partial charge on any atom is -0.361 e. The molecule has 8 nitrogen and oxygen atoms in total. The van der Waals surface area contributed by atoms with E-state index in [9.17, 15) is 4.79 Å². The van der Waals surface area contributed by atoms with Gasteiger partial charge in [-0.3, -0.25) is 9.58 Å². The van der Waals surface area contributed by atoms with E-state index < -0.39 is 0 Å². The van der Waals surface area contributed by atoms with Crippen molar-refractivity contribution in [3.8, 4) is 0 Å². The lowest BCUT2D eigenvalue weighted by Crippen LogP contribution is -2.51. The lowest BCUT2D eigenvalue weighted by Gasteiger charge is -2.34. The summed E-state index contributed by atoms with van der Waals surface area (Å²) in [5.41, 5.74) is 3.13. The van der Waals surface area contributed by atoms with Crippen molar-refractivity contribution in [3.05, 3.63) is 71.4 Å². The van der Waals surface area contributed by atoms with Gasteiger partial charge in [-0.05, 0) is 12.5 Å². The van der Waals surface area contributed by atoms with E-state index in [1.165, 1.54) is 5.56 Å². The molecule has 3 heterocycles. The maximum Gasteiger partial charge on any atom is 0.317 e. The summed E-state index contributed by atoms with van der Waals surface area (Å²) in [4.78, 5) is 16.6. The second kappa shape index (κ2) is 8.91. The van der Waals surface area contributed by atoms with E-state index >= 15 is 0 Å². The highest BCUT2D eigenvalue weighted by Crippen LogP contribution is 2.09. The molecule has 0 unspecified atom stereocenters. The van der Waals surface area contributed by atoms with Crippen molar-refractivity contribution in [2.24, 2.45) is 0 Å². The van der Waals surface area contributed by atoms with E-state index in [-0.39, 0.29) is 6.03 Å². The average molecular weight is 394 g/mol. The normalized spacial score (nSPS) is 14.9. The summed E-state index contributed by atoms with van der Waals surface area (Å²) in [5, 5.41) is 11.4. The molecule has 1 N–H and O–H groups in total. The second-order valence-electron chi connectivity index (χ2n) is 7.38. The quantitative estimate of drug-likeness (QED) is 0.694. The fourth-order valence-corrected chi connectivity index (χ4v) is 3.47. The summed E-state index contributed by atoms with van der Waals surface area (Å²) in [6, 6.07) is 12.1. The Morgan fingerprint density at radius 1 is 1.10 bits per heavy atom. The predicted molar refractivity (Wildman–Crippen MR) is 108 cm³/mol. The van der Waals surface area contributed by atoms with Crippen molar-refractivity contribution in [2.45, 2.75) is 26.6 Å². The Bertz CT molecular complexity index is 928. The van der Waals surface area contributed by atoms with E-state index in [1.54, 1.807) is 6.20 Å². The number of urea groups is 1. The molecule has 2 amide bonds. The summed E-state index contributed by atoms with van der Waals surface area (Å²) in [6.07, 6.45) is 3.78. The van der Waals surface area contributed by atoms with Gasteiger partial charge in [0, 0.05) is 57.1 Å². The smallest absolute Gasteiger partial charge is 0.317 e. The predicted octanol–water partition coefficient (Wildman–Crippen LogP) is 2.26. The molecular weight excluding hydrogens is 368 g/mol. The van der Waals surface area contributed by atoms with Crippen molar-refractivity contribution < 1.29 is 9.32 Å². The van der Waals surface area contributed by atoms with Gasteiger partial charge < -0.3 is 14.7 Å². The maximum absolute atomic E-state index is 12.5. The van der Waals surface area contributed by atoms with Crippen LogP contribution in [0.2, 0.25) is 0 Å². The fraction of sp³-hybridized carbons (Fsp3) is 0.381. The first kappa shape index (κ1) is 19.2. The number of hydrogen-bond acceptors (Lipinski definition) is 5. The lowest BCUT2D eigenvalue weighted by molar-refractivity contribution is 0.133. The van der Waals surface area contributed by atoms with Crippen molar-refractivity contribution in [3.63, 3.8) is 0 Å². The molecule has 0 spiro atoms. The van der Waals surface area contributed by atoms with E-state index in [2.05, 4.69) is 32.6 Å². The number of aryl methyl sites for hydroxylation is 1. The first-order valence-corrected chi connectivity index (χ1v) is 9.88. The highest BCUT2D eigenvalue weighted by molar-refractivity contribution is 5.74. The molecule has 0 radical (unpaired) electrons. The van der Waals surface area contributed by atoms with Gasteiger partial charge in [0.15, 0.2) is 0 Å². The van der Waals surface area contributed by atoms with Gasteiger partial charge in [0.1, 0.15) is 5.76 Å². The zero-order chi connectivity index (χ0) is 20.1. The molecule has 0 bridgehead atoms. The lowest BCUT2D eigenvalue weighted by atomic mass is 10.2. The van der Waals surface area contributed by atoms with Crippen LogP contribution in [0.15, 0.2) is 53.3 Å². The van der Waals surface area contributed by atoms with E-state index in [0.29, 0.717) is 19.6 Å². The molecule has 1 fully saturated rings. The van der Waals surface area contributed by atoms with E-state index in [0.717, 1.165) is 43.2 Å². The van der Waals surface area contributed by atoms with Crippen LogP contribution >= 0.6 is 0 Å². The van der Waals surface area contributed by atoms with Gasteiger partial charge in [0.2, 0.25) is 0 Å². The van der Waals surface area contributed by atoms with Gasteiger partial charge >= 0.3 is 6.03 Å². The molecule has 0 atom stereocenters. The zero-order valence-electron chi connectivity index (χ0n) is 16.6. The number of carbonyl (C=O) groups is 1. The van der Waals surface area contributed by atoms with Crippen LogP contribution in [0.4, 0.5) is 4.79 Å². The third-order valence-electron chi connectivity index (χ3n) is 5.04. The Labute approximate surface area is 170 Å². The maximum atomic E-state index is 12.5. The minimum absolute atomic E-state index is 0.0299. The van der Waals surface area contributed by atoms with Gasteiger partial charge in [0.25, 0.3) is 0 Å². The third kappa shape index (κ3) is 5.23. The van der Waals surface area contributed by atoms with Crippen LogP contribution in [0.25, 0.3) is 0 Å². The van der Waals surface area contributed by atoms with Crippen LogP contribution in [0.5, 0.6) is 0 Å². The Balaban J connectivity index is 1.20. The van der Waals surface area contributed by atoms with Crippen molar-refractivity contribution in [1.29, 1.82) is 0 Å². The Hall–Kier alpha value is -3.13. The molecule has 1 aromatic carbocycles. The monoisotopic (exact) mass is 394 g/mol. The Morgan fingerprint density at radius 3 is 2.62 bits per heavy atom. The van der Waals surface area contributed by atoms with E-state index in [4.69, 9.17) is 4.52 Å². The first-order chi connectivity index (χ1) is 14.2. The van der Waals surface area contributed by atoms with Gasteiger partial charge in [0.05, 0.1) is 18.4 Å². The van der Waals surface area contributed by atoms with Crippen LogP contribution in [-0.2, 0) is 19.6 Å². The van der Waals surface area contributed by atoms with Crippen LogP contribution in [0, 0.1) is 6.92 Å². The minimum atomic E-state index is -0.0299. The highest BCUT2D eigenvalue weighted by Gasteiger charge is 2.21. The Morgan fingerprint density at radius 2 is 1.90 bits per heavy atom. The van der Waals surface area contributed by atoms with Gasteiger partial charge in [-0.25, -0.2) is 4.79 Å². The topological polar surface area (TPSA) is 79.4 Å². The number of aromatic nitrogens is 3. The van der Waals surface area contributed by atoms with Gasteiger partial charge in [-0.2, -0.15) is 5.10 Å².